The van der Waals surface area contributed by atoms with E-state index in [9.17, 15) is 4.79 Å². The highest BCUT2D eigenvalue weighted by Gasteiger charge is 2.34. The van der Waals surface area contributed by atoms with Crippen LogP contribution in [-0.2, 0) is 29.5 Å². The molecule has 0 bridgehead atoms. The van der Waals surface area contributed by atoms with Crippen molar-refractivity contribution in [3.05, 3.63) is 35.9 Å². The fraction of sp³-hybridized carbons (Fsp3) is 0.536. The van der Waals surface area contributed by atoms with Crippen LogP contribution in [0.3, 0.4) is 0 Å². The molecule has 3 saturated heterocycles. The number of carbonyl (C=O) groups is 1. The number of nitrogens with zero attached hydrogens (tertiary/aromatic N) is 9. The van der Waals surface area contributed by atoms with Crippen LogP contribution < -0.4 is 4.90 Å². The Kier molecular flexibility index (Phi) is 6.19. The lowest BCUT2D eigenvalue weighted by Crippen LogP contribution is -2.45. The van der Waals surface area contributed by atoms with E-state index in [0.29, 0.717) is 31.6 Å². The molecule has 1 aromatic carbocycles. The van der Waals surface area contributed by atoms with Gasteiger partial charge in [0.15, 0.2) is 17.0 Å². The Morgan fingerprint density at radius 2 is 1.82 bits per heavy atom. The van der Waals surface area contributed by atoms with Gasteiger partial charge in [0.2, 0.25) is 11.9 Å². The minimum Gasteiger partial charge on any atom is -0.378 e. The number of morpholine rings is 1. The van der Waals surface area contributed by atoms with Gasteiger partial charge < -0.3 is 19.1 Å². The number of rotatable bonds is 6. The molecular weight excluding hydrogens is 494 g/mol. The van der Waals surface area contributed by atoms with Gasteiger partial charge in [0.25, 0.3) is 0 Å². The van der Waals surface area contributed by atoms with Gasteiger partial charge in [-0.3, -0.25) is 14.3 Å². The highest BCUT2D eigenvalue weighted by atomic mass is 16.5. The van der Waals surface area contributed by atoms with E-state index in [2.05, 4.69) is 31.9 Å². The molecule has 0 unspecified atom stereocenters. The van der Waals surface area contributed by atoms with E-state index in [1.165, 1.54) is 0 Å². The summed E-state index contributed by atoms with van der Waals surface area (Å²) in [7, 11) is 2.04. The highest BCUT2D eigenvalue weighted by molar-refractivity contribution is 5.86. The van der Waals surface area contributed by atoms with E-state index in [4.69, 9.17) is 24.7 Å². The lowest BCUT2D eigenvalue weighted by atomic mass is 10.1. The first-order chi connectivity index (χ1) is 19.1. The topological polar surface area (TPSA) is 97.4 Å². The molecule has 0 N–H and O–H groups in total. The summed E-state index contributed by atoms with van der Waals surface area (Å²) in [5, 5.41) is 0. The van der Waals surface area contributed by atoms with E-state index in [-0.39, 0.29) is 5.92 Å². The SMILES string of the molecule is CCc1nc2ccccc2n1-c1nc(N2CCOCC2)c2nc(CN3CC[C@H](C(=O)N4CCC4)C3)n(C)c2n1. The lowest BCUT2D eigenvalue weighted by Gasteiger charge is -2.33. The number of para-hydroxylation sites is 2. The average molecular weight is 530 g/mol. The number of anilines is 1. The fourth-order valence-corrected chi connectivity index (χ4v) is 6.03. The summed E-state index contributed by atoms with van der Waals surface area (Å²) >= 11 is 0. The number of likely N-dealkylation sites (tertiary alicyclic amines) is 2. The van der Waals surface area contributed by atoms with Crippen LogP contribution in [0.25, 0.3) is 28.1 Å². The van der Waals surface area contributed by atoms with Crippen LogP contribution in [-0.4, -0.2) is 97.3 Å². The minimum absolute atomic E-state index is 0.0947. The first-order valence-electron chi connectivity index (χ1n) is 14.1. The van der Waals surface area contributed by atoms with Crippen molar-refractivity contribution in [1.29, 1.82) is 0 Å². The lowest BCUT2D eigenvalue weighted by molar-refractivity contribution is -0.138. The normalized spacial score (nSPS) is 20.3. The van der Waals surface area contributed by atoms with Gasteiger partial charge >= 0.3 is 0 Å². The first-order valence-corrected chi connectivity index (χ1v) is 14.1. The number of aromatic nitrogens is 6. The van der Waals surface area contributed by atoms with E-state index < -0.39 is 0 Å². The maximum absolute atomic E-state index is 12.8. The number of carbonyl (C=O) groups excluding carboxylic acids is 1. The van der Waals surface area contributed by atoms with Crippen molar-refractivity contribution in [2.45, 2.75) is 32.7 Å². The summed E-state index contributed by atoms with van der Waals surface area (Å²) in [5.74, 6) is 3.74. The molecule has 3 aromatic heterocycles. The number of imidazole rings is 2. The minimum atomic E-state index is 0.0947. The fourth-order valence-electron chi connectivity index (χ4n) is 6.03. The molecule has 0 radical (unpaired) electrons. The average Bonchev–Trinajstić information content (AvgIpc) is 3.64. The van der Waals surface area contributed by atoms with Gasteiger partial charge in [-0.15, -0.1) is 0 Å². The maximum atomic E-state index is 12.8. The Labute approximate surface area is 227 Å². The van der Waals surface area contributed by atoms with Gasteiger partial charge in [-0.1, -0.05) is 19.1 Å². The van der Waals surface area contributed by atoms with Crippen molar-refractivity contribution in [2.24, 2.45) is 13.0 Å². The number of hydrogen-bond donors (Lipinski definition) is 0. The molecule has 7 rings (SSSR count). The molecule has 3 aliphatic heterocycles. The molecule has 204 valence electrons. The predicted molar refractivity (Wildman–Crippen MR) is 148 cm³/mol. The first kappa shape index (κ1) is 24.5. The second kappa shape index (κ2) is 9.87. The van der Waals surface area contributed by atoms with Gasteiger partial charge in [-0.25, -0.2) is 9.97 Å². The zero-order chi connectivity index (χ0) is 26.5. The molecular formula is C28H35N9O2. The van der Waals surface area contributed by atoms with Crippen molar-refractivity contribution in [3.8, 4) is 5.95 Å². The van der Waals surface area contributed by atoms with E-state index in [0.717, 1.165) is 98.2 Å². The van der Waals surface area contributed by atoms with Crippen LogP contribution >= 0.6 is 0 Å². The van der Waals surface area contributed by atoms with E-state index >= 15 is 0 Å². The number of benzene rings is 1. The number of hydrogen-bond acceptors (Lipinski definition) is 8. The smallest absolute Gasteiger partial charge is 0.239 e. The Hall–Kier alpha value is -3.57. The molecule has 0 saturated carbocycles. The van der Waals surface area contributed by atoms with Gasteiger partial charge in [0, 0.05) is 46.2 Å². The summed E-state index contributed by atoms with van der Waals surface area (Å²) in [6.07, 6.45) is 2.81. The molecule has 3 fully saturated rings. The van der Waals surface area contributed by atoms with Gasteiger partial charge in [-0.05, 0) is 31.5 Å². The summed E-state index contributed by atoms with van der Waals surface area (Å²) in [6.45, 7) is 9.15. The number of amides is 1. The van der Waals surface area contributed by atoms with Gasteiger partial charge in [0.1, 0.15) is 11.6 Å². The molecule has 11 heteroatoms. The van der Waals surface area contributed by atoms with Crippen molar-refractivity contribution in [1.82, 2.24) is 38.9 Å². The Bertz CT molecular complexity index is 1530. The van der Waals surface area contributed by atoms with Gasteiger partial charge in [0.05, 0.1) is 36.7 Å². The van der Waals surface area contributed by atoms with Crippen molar-refractivity contribution >= 4 is 33.9 Å². The van der Waals surface area contributed by atoms with Gasteiger partial charge in [-0.2, -0.15) is 9.97 Å². The molecule has 0 aliphatic carbocycles. The maximum Gasteiger partial charge on any atom is 0.239 e. The van der Waals surface area contributed by atoms with Crippen LogP contribution in [0.4, 0.5) is 5.82 Å². The zero-order valence-electron chi connectivity index (χ0n) is 22.7. The molecule has 1 amide bonds. The van der Waals surface area contributed by atoms with Crippen LogP contribution in [0.2, 0.25) is 0 Å². The zero-order valence-corrected chi connectivity index (χ0v) is 22.7. The molecule has 4 aromatic rings. The van der Waals surface area contributed by atoms with E-state index in [1.54, 1.807) is 0 Å². The number of fused-ring (bicyclic) bond motifs is 2. The monoisotopic (exact) mass is 529 g/mol. The molecule has 39 heavy (non-hydrogen) atoms. The van der Waals surface area contributed by atoms with E-state index in [1.807, 2.05) is 30.1 Å². The second-order valence-electron chi connectivity index (χ2n) is 10.8. The van der Waals surface area contributed by atoms with Crippen molar-refractivity contribution in [3.63, 3.8) is 0 Å². The Morgan fingerprint density at radius 1 is 1.00 bits per heavy atom. The predicted octanol–water partition coefficient (Wildman–Crippen LogP) is 2.16. The summed E-state index contributed by atoms with van der Waals surface area (Å²) < 4.78 is 9.82. The number of aryl methyl sites for hydroxylation is 2. The van der Waals surface area contributed by atoms with Crippen LogP contribution in [0.1, 0.15) is 31.4 Å². The molecule has 6 heterocycles. The third kappa shape index (κ3) is 4.24. The molecule has 1 atom stereocenters. The molecule has 11 nitrogen and oxygen atoms in total. The quantitative estimate of drug-likeness (QED) is 0.375. The van der Waals surface area contributed by atoms with Crippen molar-refractivity contribution < 1.29 is 9.53 Å². The summed E-state index contributed by atoms with van der Waals surface area (Å²) in [5.41, 5.74) is 3.56. The number of ether oxygens (including phenoxy) is 1. The molecule has 0 spiro atoms. The second-order valence-corrected chi connectivity index (χ2v) is 10.8. The van der Waals surface area contributed by atoms with Crippen LogP contribution in [0, 0.1) is 5.92 Å². The Balaban J connectivity index is 1.28. The highest BCUT2D eigenvalue weighted by Crippen LogP contribution is 2.30. The standard InChI is InChI=1S/C28H35N9O2/c1-3-22-29-20-7-4-5-8-21(20)37(22)28-31-25-24(26(32-28)35-13-15-39-16-14-35)30-23(33(25)2)18-34-12-9-19(17-34)27(38)36-10-6-11-36/h4-5,7-8,19H,3,6,9-18H2,1-2H3/t19-/m0/s1. The molecule has 3 aliphatic rings. The van der Waals surface area contributed by atoms with Crippen LogP contribution in [0.15, 0.2) is 24.3 Å². The third-order valence-corrected chi connectivity index (χ3v) is 8.39. The summed E-state index contributed by atoms with van der Waals surface area (Å²) in [6, 6.07) is 8.14. The van der Waals surface area contributed by atoms with Crippen molar-refractivity contribution in [2.75, 3.05) is 57.4 Å². The largest absolute Gasteiger partial charge is 0.378 e. The Morgan fingerprint density at radius 3 is 2.59 bits per heavy atom. The van der Waals surface area contributed by atoms with Crippen LogP contribution in [0.5, 0.6) is 0 Å². The summed E-state index contributed by atoms with van der Waals surface area (Å²) in [4.78, 5) is 39.6. The third-order valence-electron chi connectivity index (χ3n) is 8.39.